The third-order valence-corrected chi connectivity index (χ3v) is 3.10. The number of aromatic nitrogens is 2. The van der Waals surface area contributed by atoms with Gasteiger partial charge in [-0.15, -0.1) is 0 Å². The molecule has 1 amide bonds. The second-order valence-electron chi connectivity index (χ2n) is 4.34. The van der Waals surface area contributed by atoms with Crippen LogP contribution < -0.4 is 5.32 Å². The van der Waals surface area contributed by atoms with E-state index in [9.17, 15) is 9.59 Å². The average molecular weight is 237 g/mol. The van der Waals surface area contributed by atoms with Crippen molar-refractivity contribution in [3.63, 3.8) is 0 Å². The third-order valence-electron chi connectivity index (χ3n) is 3.10. The van der Waals surface area contributed by atoms with Crippen LogP contribution in [0.3, 0.4) is 0 Å². The van der Waals surface area contributed by atoms with E-state index in [2.05, 4.69) is 15.3 Å². The summed E-state index contributed by atoms with van der Waals surface area (Å²) < 4.78 is 0. The van der Waals surface area contributed by atoms with E-state index in [1.807, 2.05) is 0 Å². The van der Waals surface area contributed by atoms with Crippen molar-refractivity contribution in [1.82, 2.24) is 15.3 Å². The molecule has 1 heterocycles. The van der Waals surface area contributed by atoms with Crippen molar-refractivity contribution < 1.29 is 14.7 Å². The summed E-state index contributed by atoms with van der Waals surface area (Å²) in [6, 6.07) is -0.0550. The summed E-state index contributed by atoms with van der Waals surface area (Å²) in [5.41, 5.74) is 0.405. The maximum Gasteiger partial charge on any atom is 0.306 e. The quantitative estimate of drug-likeness (QED) is 0.724. The molecule has 1 aliphatic carbocycles. The van der Waals surface area contributed by atoms with Crippen LogP contribution >= 0.6 is 0 Å². The van der Waals surface area contributed by atoms with Gasteiger partial charge in [-0.2, -0.15) is 0 Å². The maximum absolute atomic E-state index is 11.7. The van der Waals surface area contributed by atoms with Crippen molar-refractivity contribution in [2.75, 3.05) is 0 Å². The molecular weight excluding hydrogens is 222 g/mol. The Labute approximate surface area is 98.4 Å². The smallest absolute Gasteiger partial charge is 0.306 e. The second kappa shape index (κ2) is 4.99. The first-order chi connectivity index (χ1) is 8.16. The van der Waals surface area contributed by atoms with Crippen molar-refractivity contribution in [1.29, 1.82) is 0 Å². The van der Waals surface area contributed by atoms with Crippen molar-refractivity contribution in [2.24, 2.45) is 5.92 Å². The number of nitrogens with zero attached hydrogens (tertiary/aromatic N) is 1. The van der Waals surface area contributed by atoms with Gasteiger partial charge in [0.15, 0.2) is 0 Å². The number of aliphatic carboxylic acids is 1. The SMILES string of the molecule is O=C(NC1CCCC(C(=O)O)C1)c1cnc[nH]1. The van der Waals surface area contributed by atoms with Crippen molar-refractivity contribution >= 4 is 11.9 Å². The Morgan fingerprint density at radius 1 is 1.47 bits per heavy atom. The van der Waals surface area contributed by atoms with Crippen LogP contribution in [0.5, 0.6) is 0 Å². The summed E-state index contributed by atoms with van der Waals surface area (Å²) in [6.45, 7) is 0. The number of hydrogen-bond acceptors (Lipinski definition) is 3. The van der Waals surface area contributed by atoms with Gasteiger partial charge in [-0.1, -0.05) is 6.42 Å². The molecule has 2 unspecified atom stereocenters. The Kier molecular flexibility index (Phi) is 3.41. The molecule has 0 radical (unpaired) electrons. The molecule has 6 heteroatoms. The first-order valence-corrected chi connectivity index (χ1v) is 5.69. The molecule has 1 saturated carbocycles. The Bertz CT molecular complexity index is 402. The first kappa shape index (κ1) is 11.6. The molecule has 0 saturated heterocycles. The standard InChI is InChI=1S/C11H15N3O3/c15-10(9-5-12-6-13-9)14-8-3-1-2-7(4-8)11(16)17/h5-8H,1-4H2,(H,12,13)(H,14,15)(H,16,17). The largest absolute Gasteiger partial charge is 0.481 e. The molecule has 1 aromatic heterocycles. The minimum absolute atomic E-state index is 0.0550. The van der Waals surface area contributed by atoms with Gasteiger partial charge < -0.3 is 15.4 Å². The lowest BCUT2D eigenvalue weighted by atomic mass is 9.86. The highest BCUT2D eigenvalue weighted by Crippen LogP contribution is 2.24. The number of imidazole rings is 1. The highest BCUT2D eigenvalue weighted by atomic mass is 16.4. The molecule has 0 aliphatic heterocycles. The van der Waals surface area contributed by atoms with E-state index in [1.165, 1.54) is 12.5 Å². The van der Waals surface area contributed by atoms with E-state index in [1.54, 1.807) is 0 Å². The normalized spacial score (nSPS) is 24.2. The summed E-state index contributed by atoms with van der Waals surface area (Å²) in [5.74, 6) is -1.33. The number of aromatic amines is 1. The van der Waals surface area contributed by atoms with Gasteiger partial charge in [0.1, 0.15) is 5.69 Å². The summed E-state index contributed by atoms with van der Waals surface area (Å²) in [7, 11) is 0. The van der Waals surface area contributed by atoms with Crippen LogP contribution in [0.4, 0.5) is 0 Å². The van der Waals surface area contributed by atoms with E-state index < -0.39 is 5.97 Å². The van der Waals surface area contributed by atoms with E-state index in [4.69, 9.17) is 5.11 Å². The van der Waals surface area contributed by atoms with Crippen LogP contribution in [-0.2, 0) is 4.79 Å². The first-order valence-electron chi connectivity index (χ1n) is 5.69. The molecule has 92 valence electrons. The summed E-state index contributed by atoms with van der Waals surface area (Å²) in [4.78, 5) is 29.1. The van der Waals surface area contributed by atoms with E-state index in [0.29, 0.717) is 18.5 Å². The van der Waals surface area contributed by atoms with E-state index >= 15 is 0 Å². The molecular formula is C11H15N3O3. The molecule has 0 spiro atoms. The minimum atomic E-state index is -0.773. The summed E-state index contributed by atoms with van der Waals surface area (Å²) in [5, 5.41) is 11.8. The number of amides is 1. The molecule has 0 aromatic carbocycles. The lowest BCUT2D eigenvalue weighted by Crippen LogP contribution is -2.40. The van der Waals surface area contributed by atoms with Crippen LogP contribution in [-0.4, -0.2) is 33.0 Å². The van der Waals surface area contributed by atoms with Crippen LogP contribution in [0.25, 0.3) is 0 Å². The van der Waals surface area contributed by atoms with Crippen molar-refractivity contribution in [2.45, 2.75) is 31.7 Å². The predicted octanol–water partition coefficient (Wildman–Crippen LogP) is 0.783. The number of H-pyrrole nitrogens is 1. The van der Waals surface area contributed by atoms with E-state index in [0.717, 1.165) is 12.8 Å². The topological polar surface area (TPSA) is 95.1 Å². The van der Waals surface area contributed by atoms with Crippen LogP contribution in [0.15, 0.2) is 12.5 Å². The van der Waals surface area contributed by atoms with Crippen molar-refractivity contribution in [3.05, 3.63) is 18.2 Å². The van der Waals surface area contributed by atoms with Gasteiger partial charge in [0.05, 0.1) is 18.4 Å². The number of carbonyl (C=O) groups excluding carboxylic acids is 1. The molecule has 2 rings (SSSR count). The molecule has 6 nitrogen and oxygen atoms in total. The monoisotopic (exact) mass is 237 g/mol. The number of rotatable bonds is 3. The Balaban J connectivity index is 1.91. The fourth-order valence-electron chi connectivity index (χ4n) is 2.19. The zero-order valence-corrected chi connectivity index (χ0v) is 9.35. The zero-order chi connectivity index (χ0) is 12.3. The zero-order valence-electron chi connectivity index (χ0n) is 9.35. The summed E-state index contributed by atoms with van der Waals surface area (Å²) in [6.07, 6.45) is 5.78. The van der Waals surface area contributed by atoms with E-state index in [-0.39, 0.29) is 17.9 Å². The van der Waals surface area contributed by atoms with Gasteiger partial charge in [-0.25, -0.2) is 4.98 Å². The Morgan fingerprint density at radius 2 is 2.29 bits per heavy atom. The van der Waals surface area contributed by atoms with Crippen LogP contribution in [0, 0.1) is 5.92 Å². The van der Waals surface area contributed by atoms with Crippen LogP contribution in [0.1, 0.15) is 36.2 Å². The van der Waals surface area contributed by atoms with Gasteiger partial charge in [0, 0.05) is 6.04 Å². The lowest BCUT2D eigenvalue weighted by Gasteiger charge is -2.27. The molecule has 1 aliphatic rings. The average Bonchev–Trinajstić information content (AvgIpc) is 2.82. The molecule has 2 atom stereocenters. The van der Waals surface area contributed by atoms with Gasteiger partial charge in [-0.3, -0.25) is 9.59 Å². The molecule has 3 N–H and O–H groups in total. The molecule has 0 bridgehead atoms. The number of hydrogen-bond donors (Lipinski definition) is 3. The molecule has 1 fully saturated rings. The number of carboxylic acids is 1. The second-order valence-corrected chi connectivity index (χ2v) is 4.34. The Hall–Kier alpha value is -1.85. The molecule has 1 aromatic rings. The Morgan fingerprint density at radius 3 is 2.94 bits per heavy atom. The third kappa shape index (κ3) is 2.83. The lowest BCUT2D eigenvalue weighted by molar-refractivity contribution is -0.143. The van der Waals surface area contributed by atoms with Gasteiger partial charge >= 0.3 is 5.97 Å². The highest BCUT2D eigenvalue weighted by molar-refractivity contribution is 5.92. The minimum Gasteiger partial charge on any atom is -0.481 e. The number of carbonyl (C=O) groups is 2. The predicted molar refractivity (Wildman–Crippen MR) is 59.4 cm³/mol. The molecule has 17 heavy (non-hydrogen) atoms. The highest BCUT2D eigenvalue weighted by Gasteiger charge is 2.28. The van der Waals surface area contributed by atoms with Crippen molar-refractivity contribution in [3.8, 4) is 0 Å². The van der Waals surface area contributed by atoms with Gasteiger partial charge in [0.25, 0.3) is 5.91 Å². The fourth-order valence-corrected chi connectivity index (χ4v) is 2.19. The van der Waals surface area contributed by atoms with Gasteiger partial charge in [-0.05, 0) is 19.3 Å². The number of nitrogens with one attached hydrogen (secondary N) is 2. The summed E-state index contributed by atoms with van der Waals surface area (Å²) >= 11 is 0. The maximum atomic E-state index is 11.7. The van der Waals surface area contributed by atoms with Crippen LogP contribution in [0.2, 0.25) is 0 Å². The fraction of sp³-hybridized carbons (Fsp3) is 0.545. The van der Waals surface area contributed by atoms with Gasteiger partial charge in [0.2, 0.25) is 0 Å². The number of carboxylic acid groups (broad SMARTS) is 1.